The van der Waals surface area contributed by atoms with Crippen molar-refractivity contribution in [1.29, 1.82) is 0 Å². The lowest BCUT2D eigenvalue weighted by Gasteiger charge is -1.97. The Morgan fingerprint density at radius 1 is 1.57 bits per heavy atom. The Labute approximate surface area is 86.2 Å². The van der Waals surface area contributed by atoms with Crippen LogP contribution in [0.5, 0.6) is 5.19 Å². The Balaban J connectivity index is 1.94. The van der Waals surface area contributed by atoms with E-state index < -0.39 is 0 Å². The fourth-order valence-corrected chi connectivity index (χ4v) is 1.74. The van der Waals surface area contributed by atoms with Crippen LogP contribution in [0.25, 0.3) is 0 Å². The van der Waals surface area contributed by atoms with Gasteiger partial charge in [-0.3, -0.25) is 4.68 Å². The molecule has 0 aliphatic rings. The van der Waals surface area contributed by atoms with E-state index in [2.05, 4.69) is 10.1 Å². The molecule has 0 N–H and O–H groups in total. The molecule has 2 aromatic rings. The first-order chi connectivity index (χ1) is 6.74. The van der Waals surface area contributed by atoms with Gasteiger partial charge in [0.2, 0.25) is 0 Å². The molecule has 0 aliphatic carbocycles. The number of hydrogen-bond donors (Lipinski definition) is 0. The van der Waals surface area contributed by atoms with Crippen LogP contribution in [0.1, 0.15) is 11.3 Å². The van der Waals surface area contributed by atoms with E-state index in [0.29, 0.717) is 11.8 Å². The Bertz CT molecular complexity index is 381. The molecule has 0 radical (unpaired) electrons. The molecule has 0 unspecified atom stereocenters. The molecular formula is C9H11N3OS. The molecule has 0 saturated heterocycles. The topological polar surface area (TPSA) is 39.9 Å². The molecule has 0 saturated carbocycles. The van der Waals surface area contributed by atoms with Crippen LogP contribution in [-0.2, 0) is 13.7 Å². The molecule has 0 fully saturated rings. The van der Waals surface area contributed by atoms with Crippen molar-refractivity contribution in [2.45, 2.75) is 13.5 Å². The molecule has 4 nitrogen and oxygen atoms in total. The van der Waals surface area contributed by atoms with E-state index >= 15 is 0 Å². The second-order valence-corrected chi connectivity index (χ2v) is 3.89. The minimum absolute atomic E-state index is 0.529. The molecule has 0 amide bonds. The van der Waals surface area contributed by atoms with Crippen molar-refractivity contribution in [1.82, 2.24) is 14.8 Å². The van der Waals surface area contributed by atoms with Crippen LogP contribution < -0.4 is 4.74 Å². The quantitative estimate of drug-likeness (QED) is 0.773. The molecule has 2 heterocycles. The van der Waals surface area contributed by atoms with E-state index in [9.17, 15) is 0 Å². The first kappa shape index (κ1) is 9.21. The molecule has 0 atom stereocenters. The molecule has 0 aromatic carbocycles. The predicted octanol–water partition coefficient (Wildman–Crippen LogP) is 1.76. The second kappa shape index (κ2) is 3.79. The van der Waals surface area contributed by atoms with Gasteiger partial charge in [0.05, 0.1) is 11.9 Å². The lowest BCUT2D eigenvalue weighted by atomic mass is 10.4. The van der Waals surface area contributed by atoms with Crippen molar-refractivity contribution in [2.75, 3.05) is 0 Å². The van der Waals surface area contributed by atoms with Crippen LogP contribution in [0.4, 0.5) is 0 Å². The maximum absolute atomic E-state index is 5.48. The van der Waals surface area contributed by atoms with Crippen molar-refractivity contribution in [3.05, 3.63) is 29.0 Å². The summed E-state index contributed by atoms with van der Waals surface area (Å²) in [5, 5.41) is 6.74. The van der Waals surface area contributed by atoms with Gasteiger partial charge >= 0.3 is 0 Å². The zero-order valence-electron chi connectivity index (χ0n) is 8.10. The van der Waals surface area contributed by atoms with Crippen LogP contribution in [0, 0.1) is 6.92 Å². The molecule has 0 spiro atoms. The highest BCUT2D eigenvalue weighted by molar-refractivity contribution is 7.11. The Hall–Kier alpha value is -1.36. The van der Waals surface area contributed by atoms with Gasteiger partial charge in [-0.1, -0.05) is 11.3 Å². The normalized spacial score (nSPS) is 10.4. The van der Waals surface area contributed by atoms with E-state index in [1.54, 1.807) is 10.9 Å². The van der Waals surface area contributed by atoms with Crippen molar-refractivity contribution >= 4 is 11.3 Å². The molecule has 74 valence electrons. The summed E-state index contributed by atoms with van der Waals surface area (Å²) in [6, 6.07) is 0. The third-order valence-electron chi connectivity index (χ3n) is 1.72. The second-order valence-electron chi connectivity index (χ2n) is 3.07. The summed E-state index contributed by atoms with van der Waals surface area (Å²) in [6.45, 7) is 2.48. The average molecular weight is 209 g/mol. The van der Waals surface area contributed by atoms with Gasteiger partial charge in [-0.2, -0.15) is 5.10 Å². The van der Waals surface area contributed by atoms with Gasteiger partial charge in [-0.15, -0.1) is 0 Å². The van der Waals surface area contributed by atoms with Crippen molar-refractivity contribution in [3.63, 3.8) is 0 Å². The van der Waals surface area contributed by atoms with Gasteiger partial charge in [0.25, 0.3) is 5.19 Å². The highest BCUT2D eigenvalue weighted by Gasteiger charge is 2.01. The van der Waals surface area contributed by atoms with Crippen molar-refractivity contribution < 1.29 is 4.74 Å². The van der Waals surface area contributed by atoms with Gasteiger partial charge in [0.15, 0.2) is 0 Å². The number of hydrogen-bond acceptors (Lipinski definition) is 4. The van der Waals surface area contributed by atoms with Gasteiger partial charge < -0.3 is 4.74 Å². The van der Waals surface area contributed by atoms with Gasteiger partial charge in [0, 0.05) is 24.2 Å². The number of rotatable bonds is 3. The Morgan fingerprint density at radius 3 is 3.00 bits per heavy atom. The standard InChI is InChI=1S/C9H11N3OS/c1-7-6-14-9(11-7)13-5-8-3-10-12(2)4-8/h3-4,6H,5H2,1-2H3. The summed E-state index contributed by atoms with van der Waals surface area (Å²) < 4.78 is 7.24. The van der Waals surface area contributed by atoms with Gasteiger partial charge in [0.1, 0.15) is 6.61 Å². The van der Waals surface area contributed by atoms with Crippen molar-refractivity contribution in [2.24, 2.45) is 7.05 Å². The molecule has 5 heteroatoms. The number of aryl methyl sites for hydroxylation is 2. The fraction of sp³-hybridized carbons (Fsp3) is 0.333. The van der Waals surface area contributed by atoms with E-state index in [4.69, 9.17) is 4.74 Å². The summed E-state index contributed by atoms with van der Waals surface area (Å²) in [6.07, 6.45) is 3.72. The molecule has 2 aromatic heterocycles. The van der Waals surface area contributed by atoms with E-state index in [1.165, 1.54) is 11.3 Å². The number of ether oxygens (including phenoxy) is 1. The third-order valence-corrected chi connectivity index (χ3v) is 2.59. The summed E-state index contributed by atoms with van der Waals surface area (Å²) in [5.41, 5.74) is 2.05. The minimum atomic E-state index is 0.529. The van der Waals surface area contributed by atoms with Crippen LogP contribution >= 0.6 is 11.3 Å². The number of nitrogens with zero attached hydrogens (tertiary/aromatic N) is 3. The SMILES string of the molecule is Cc1csc(OCc2cnn(C)c2)n1. The fourth-order valence-electron chi connectivity index (χ4n) is 1.09. The van der Waals surface area contributed by atoms with Crippen molar-refractivity contribution in [3.8, 4) is 5.19 Å². The zero-order valence-corrected chi connectivity index (χ0v) is 8.91. The maximum Gasteiger partial charge on any atom is 0.273 e. The minimum Gasteiger partial charge on any atom is -0.465 e. The molecule has 0 aliphatic heterocycles. The highest BCUT2D eigenvalue weighted by atomic mass is 32.1. The summed E-state index contributed by atoms with van der Waals surface area (Å²) in [4.78, 5) is 4.20. The molecule has 14 heavy (non-hydrogen) atoms. The first-order valence-corrected chi connectivity index (χ1v) is 5.14. The lowest BCUT2D eigenvalue weighted by molar-refractivity contribution is 0.304. The summed E-state index contributed by atoms with van der Waals surface area (Å²) in [5.74, 6) is 0. The monoisotopic (exact) mass is 209 g/mol. The first-order valence-electron chi connectivity index (χ1n) is 4.26. The summed E-state index contributed by atoms with van der Waals surface area (Å²) in [7, 11) is 1.89. The smallest absolute Gasteiger partial charge is 0.273 e. The van der Waals surface area contributed by atoms with E-state index in [1.807, 2.05) is 25.5 Å². The molecular weight excluding hydrogens is 198 g/mol. The lowest BCUT2D eigenvalue weighted by Crippen LogP contribution is -1.93. The maximum atomic E-state index is 5.48. The largest absolute Gasteiger partial charge is 0.465 e. The zero-order chi connectivity index (χ0) is 9.97. The molecule has 2 rings (SSSR count). The summed E-state index contributed by atoms with van der Waals surface area (Å²) >= 11 is 1.52. The average Bonchev–Trinajstić information content (AvgIpc) is 2.72. The van der Waals surface area contributed by atoms with Crippen LogP contribution in [0.15, 0.2) is 17.8 Å². The number of aromatic nitrogens is 3. The number of thiazole rings is 1. The highest BCUT2D eigenvalue weighted by Crippen LogP contribution is 2.18. The Morgan fingerprint density at radius 2 is 2.43 bits per heavy atom. The molecule has 0 bridgehead atoms. The van der Waals surface area contributed by atoms with E-state index in [-0.39, 0.29) is 0 Å². The van der Waals surface area contributed by atoms with Crippen LogP contribution in [-0.4, -0.2) is 14.8 Å². The van der Waals surface area contributed by atoms with Crippen LogP contribution in [0.3, 0.4) is 0 Å². The Kier molecular flexibility index (Phi) is 2.49. The predicted molar refractivity (Wildman–Crippen MR) is 54.4 cm³/mol. The van der Waals surface area contributed by atoms with Gasteiger partial charge in [-0.25, -0.2) is 4.98 Å². The third kappa shape index (κ3) is 2.11. The van der Waals surface area contributed by atoms with Crippen LogP contribution in [0.2, 0.25) is 0 Å². The van der Waals surface area contributed by atoms with E-state index in [0.717, 1.165) is 11.3 Å². The van der Waals surface area contributed by atoms with Gasteiger partial charge in [-0.05, 0) is 6.92 Å².